The van der Waals surface area contributed by atoms with E-state index in [0.717, 1.165) is 22.5 Å². The number of fused-ring (bicyclic) bond motifs is 2. The van der Waals surface area contributed by atoms with E-state index in [2.05, 4.69) is 50.1 Å². The van der Waals surface area contributed by atoms with Crippen LogP contribution in [0, 0.1) is 0 Å². The highest BCUT2D eigenvalue weighted by molar-refractivity contribution is 5.82. The molecule has 6 nitrogen and oxygen atoms in total. The number of hydrogen-bond donors (Lipinski definition) is 1. The number of hydrogen-bond acceptors (Lipinski definition) is 5. The fourth-order valence-electron chi connectivity index (χ4n) is 3.07. The predicted octanol–water partition coefficient (Wildman–Crippen LogP) is 3.53. The van der Waals surface area contributed by atoms with Crippen molar-refractivity contribution in [3.05, 3.63) is 48.5 Å². The van der Waals surface area contributed by atoms with Crippen molar-refractivity contribution in [1.82, 2.24) is 24.5 Å². The predicted molar refractivity (Wildman–Crippen MR) is 93.3 cm³/mol. The second-order valence-corrected chi connectivity index (χ2v) is 6.23. The number of benzene rings is 1. The standard InChI is InChI=1S/C18H16N6/c1-24-15-6-4-12(10-14(15)22-18(24)11-2-3-11)21-16-7-5-13-17(23-16)20-9-8-19-13/h4-11H,2-3H2,1H3,(H,20,21,23). The lowest BCUT2D eigenvalue weighted by Crippen LogP contribution is -1.96. The second-order valence-electron chi connectivity index (χ2n) is 6.23. The first-order valence-corrected chi connectivity index (χ1v) is 8.09. The number of nitrogens with zero attached hydrogens (tertiary/aromatic N) is 5. The molecule has 1 aliphatic rings. The van der Waals surface area contributed by atoms with Gasteiger partial charge >= 0.3 is 0 Å². The lowest BCUT2D eigenvalue weighted by Gasteiger charge is -2.06. The Balaban J connectivity index is 1.51. The molecule has 0 radical (unpaired) electrons. The zero-order valence-corrected chi connectivity index (χ0v) is 13.3. The molecule has 5 rings (SSSR count). The van der Waals surface area contributed by atoms with Crippen LogP contribution in [0.4, 0.5) is 11.5 Å². The zero-order valence-electron chi connectivity index (χ0n) is 13.3. The number of nitrogens with one attached hydrogen (secondary N) is 1. The lowest BCUT2D eigenvalue weighted by atomic mass is 10.2. The minimum Gasteiger partial charge on any atom is -0.340 e. The quantitative estimate of drug-likeness (QED) is 0.626. The van der Waals surface area contributed by atoms with Crippen LogP contribution in [0.15, 0.2) is 42.7 Å². The molecule has 6 heteroatoms. The van der Waals surface area contributed by atoms with Crippen LogP contribution in [-0.2, 0) is 7.05 Å². The Labute approximate surface area is 138 Å². The summed E-state index contributed by atoms with van der Waals surface area (Å²) < 4.78 is 2.21. The fraction of sp³-hybridized carbons (Fsp3) is 0.222. The van der Waals surface area contributed by atoms with Gasteiger partial charge in [0.25, 0.3) is 0 Å². The Hall–Kier alpha value is -3.02. The Morgan fingerprint density at radius 2 is 1.88 bits per heavy atom. The first kappa shape index (κ1) is 13.4. The molecule has 0 saturated heterocycles. The van der Waals surface area contributed by atoms with Gasteiger partial charge in [-0.25, -0.2) is 15.0 Å². The normalized spacial score (nSPS) is 14.4. The van der Waals surface area contributed by atoms with Crippen LogP contribution in [0.3, 0.4) is 0 Å². The average molecular weight is 316 g/mol. The molecule has 3 heterocycles. The van der Waals surface area contributed by atoms with Crippen molar-refractivity contribution in [1.29, 1.82) is 0 Å². The second kappa shape index (κ2) is 4.99. The molecular weight excluding hydrogens is 300 g/mol. The number of rotatable bonds is 3. The summed E-state index contributed by atoms with van der Waals surface area (Å²) in [6.07, 6.45) is 5.83. The summed E-state index contributed by atoms with van der Waals surface area (Å²) in [4.78, 5) is 17.8. The highest BCUT2D eigenvalue weighted by Gasteiger charge is 2.28. The Morgan fingerprint density at radius 3 is 2.75 bits per heavy atom. The smallest absolute Gasteiger partial charge is 0.180 e. The van der Waals surface area contributed by atoms with Crippen LogP contribution in [-0.4, -0.2) is 24.5 Å². The van der Waals surface area contributed by atoms with E-state index in [0.29, 0.717) is 11.6 Å². The van der Waals surface area contributed by atoms with Gasteiger partial charge in [-0.3, -0.25) is 4.98 Å². The highest BCUT2D eigenvalue weighted by Crippen LogP contribution is 2.40. The molecule has 1 aromatic carbocycles. The maximum atomic E-state index is 4.81. The van der Waals surface area contributed by atoms with Crippen LogP contribution in [0.25, 0.3) is 22.2 Å². The number of imidazole rings is 1. The first-order chi connectivity index (χ1) is 11.8. The summed E-state index contributed by atoms with van der Waals surface area (Å²) in [7, 11) is 2.10. The van der Waals surface area contributed by atoms with Crippen molar-refractivity contribution >= 4 is 33.7 Å². The minimum atomic E-state index is 0.637. The molecule has 0 spiro atoms. The molecule has 4 aromatic rings. The molecular formula is C18H16N6. The Kier molecular flexibility index (Phi) is 2.79. The summed E-state index contributed by atoms with van der Waals surface area (Å²) in [6.45, 7) is 0. The van der Waals surface area contributed by atoms with E-state index in [4.69, 9.17) is 4.98 Å². The van der Waals surface area contributed by atoms with E-state index in [1.54, 1.807) is 12.4 Å². The Bertz CT molecular complexity index is 1060. The monoisotopic (exact) mass is 316 g/mol. The summed E-state index contributed by atoms with van der Waals surface area (Å²) in [5.74, 6) is 2.58. The van der Waals surface area contributed by atoms with Gasteiger partial charge in [-0.05, 0) is 43.2 Å². The first-order valence-electron chi connectivity index (χ1n) is 8.09. The molecule has 0 atom stereocenters. The van der Waals surface area contributed by atoms with Gasteiger partial charge in [0.15, 0.2) is 5.65 Å². The van der Waals surface area contributed by atoms with Gasteiger partial charge < -0.3 is 9.88 Å². The van der Waals surface area contributed by atoms with Crippen molar-refractivity contribution in [2.24, 2.45) is 7.05 Å². The van der Waals surface area contributed by atoms with Crippen molar-refractivity contribution in [2.75, 3.05) is 5.32 Å². The molecule has 1 aliphatic carbocycles. The third kappa shape index (κ3) is 2.19. The van der Waals surface area contributed by atoms with Gasteiger partial charge in [-0.2, -0.15) is 0 Å². The van der Waals surface area contributed by atoms with E-state index < -0.39 is 0 Å². The number of pyridine rings is 1. The van der Waals surface area contributed by atoms with Crippen molar-refractivity contribution in [3.8, 4) is 0 Å². The molecule has 3 aromatic heterocycles. The number of anilines is 2. The SMILES string of the molecule is Cn1c(C2CC2)nc2cc(Nc3ccc4nccnc4n3)ccc21. The average Bonchev–Trinajstić information content (AvgIpc) is 3.39. The maximum absolute atomic E-state index is 4.81. The van der Waals surface area contributed by atoms with Gasteiger partial charge in [0.2, 0.25) is 0 Å². The molecule has 1 saturated carbocycles. The molecule has 1 fully saturated rings. The topological polar surface area (TPSA) is 68.5 Å². The minimum absolute atomic E-state index is 0.637. The summed E-state index contributed by atoms with van der Waals surface area (Å²) in [6, 6.07) is 10.1. The van der Waals surface area contributed by atoms with Gasteiger partial charge in [-0.1, -0.05) is 0 Å². The maximum Gasteiger partial charge on any atom is 0.180 e. The third-order valence-corrected chi connectivity index (χ3v) is 4.46. The van der Waals surface area contributed by atoms with Gasteiger partial charge in [-0.15, -0.1) is 0 Å². The van der Waals surface area contributed by atoms with E-state index in [1.165, 1.54) is 24.2 Å². The highest BCUT2D eigenvalue weighted by atomic mass is 15.1. The summed E-state index contributed by atoms with van der Waals surface area (Å²) in [5, 5.41) is 3.33. The van der Waals surface area contributed by atoms with Gasteiger partial charge in [0, 0.05) is 31.0 Å². The molecule has 118 valence electrons. The summed E-state index contributed by atoms with van der Waals surface area (Å²) >= 11 is 0. The van der Waals surface area contributed by atoms with E-state index in [1.807, 2.05) is 12.1 Å². The van der Waals surface area contributed by atoms with Crippen LogP contribution in [0.5, 0.6) is 0 Å². The van der Waals surface area contributed by atoms with E-state index in [-0.39, 0.29) is 0 Å². The van der Waals surface area contributed by atoms with Crippen molar-refractivity contribution in [2.45, 2.75) is 18.8 Å². The molecule has 0 bridgehead atoms. The van der Waals surface area contributed by atoms with Gasteiger partial charge in [0.05, 0.1) is 11.0 Å². The van der Waals surface area contributed by atoms with Crippen LogP contribution in [0.1, 0.15) is 24.6 Å². The Morgan fingerprint density at radius 1 is 1.00 bits per heavy atom. The molecule has 0 amide bonds. The van der Waals surface area contributed by atoms with E-state index in [9.17, 15) is 0 Å². The lowest BCUT2D eigenvalue weighted by molar-refractivity contribution is 0.820. The summed E-state index contributed by atoms with van der Waals surface area (Å²) in [5.41, 5.74) is 4.58. The van der Waals surface area contributed by atoms with Crippen molar-refractivity contribution in [3.63, 3.8) is 0 Å². The fourth-order valence-corrected chi connectivity index (χ4v) is 3.07. The number of aryl methyl sites for hydroxylation is 1. The molecule has 1 N–H and O–H groups in total. The van der Waals surface area contributed by atoms with E-state index >= 15 is 0 Å². The number of aromatic nitrogens is 5. The zero-order chi connectivity index (χ0) is 16.1. The van der Waals surface area contributed by atoms with Gasteiger partial charge in [0.1, 0.15) is 17.2 Å². The van der Waals surface area contributed by atoms with Crippen molar-refractivity contribution < 1.29 is 0 Å². The van der Waals surface area contributed by atoms with Crippen LogP contribution in [0.2, 0.25) is 0 Å². The molecule has 0 unspecified atom stereocenters. The third-order valence-electron chi connectivity index (χ3n) is 4.46. The molecule has 24 heavy (non-hydrogen) atoms. The van der Waals surface area contributed by atoms with Crippen LogP contribution < -0.4 is 5.32 Å². The van der Waals surface area contributed by atoms with Crippen LogP contribution >= 0.6 is 0 Å². The largest absolute Gasteiger partial charge is 0.340 e. The molecule has 0 aliphatic heterocycles.